The fraction of sp³-hybridized carbons (Fsp3) is 0.300. The average molecular weight is 334 g/mol. The molecule has 0 bridgehead atoms. The number of hydrogen-bond donors (Lipinski definition) is 2. The molecule has 5 nitrogen and oxygen atoms in total. The highest BCUT2D eigenvalue weighted by atomic mass is 16.3. The summed E-state index contributed by atoms with van der Waals surface area (Å²) in [7, 11) is 0. The molecule has 3 aromatic rings. The van der Waals surface area contributed by atoms with Crippen LogP contribution in [0.2, 0.25) is 0 Å². The van der Waals surface area contributed by atoms with E-state index in [0.717, 1.165) is 30.5 Å². The van der Waals surface area contributed by atoms with E-state index in [1.807, 2.05) is 36.4 Å². The van der Waals surface area contributed by atoms with Crippen LogP contribution in [0.25, 0.3) is 10.9 Å². The summed E-state index contributed by atoms with van der Waals surface area (Å²) in [6, 6.07) is 13.6. The molecular weight excluding hydrogens is 312 g/mol. The van der Waals surface area contributed by atoms with Gasteiger partial charge < -0.3 is 10.4 Å². The van der Waals surface area contributed by atoms with Gasteiger partial charge in [-0.2, -0.15) is 0 Å². The van der Waals surface area contributed by atoms with Crippen LogP contribution in [0, 0.1) is 0 Å². The monoisotopic (exact) mass is 334 g/mol. The predicted octanol–water partition coefficient (Wildman–Crippen LogP) is 4.06. The largest absolute Gasteiger partial charge is 0.506 e. The van der Waals surface area contributed by atoms with Gasteiger partial charge in [0.05, 0.1) is 11.2 Å². The highest BCUT2D eigenvalue weighted by molar-refractivity contribution is 5.90. The maximum Gasteiger partial charge on any atom is 0.141 e. The number of fused-ring (bicyclic) bond motifs is 1. The molecule has 1 aliphatic rings. The highest BCUT2D eigenvalue weighted by Crippen LogP contribution is 2.30. The van der Waals surface area contributed by atoms with Gasteiger partial charge in [0.15, 0.2) is 0 Å². The van der Waals surface area contributed by atoms with Crippen molar-refractivity contribution in [2.45, 2.75) is 25.8 Å². The molecule has 25 heavy (non-hydrogen) atoms. The summed E-state index contributed by atoms with van der Waals surface area (Å²) in [6.45, 7) is 3.22. The Bertz CT molecular complexity index is 869. The molecule has 0 radical (unpaired) electrons. The third kappa shape index (κ3) is 3.56. The Balaban J connectivity index is 1.60. The number of rotatable bonds is 4. The van der Waals surface area contributed by atoms with Crippen LogP contribution >= 0.6 is 0 Å². The van der Waals surface area contributed by atoms with E-state index >= 15 is 0 Å². The summed E-state index contributed by atoms with van der Waals surface area (Å²) in [5.74, 6) is 0.932. The summed E-state index contributed by atoms with van der Waals surface area (Å²) >= 11 is 0. The van der Waals surface area contributed by atoms with Gasteiger partial charge in [-0.15, -0.1) is 0 Å². The number of nitrogens with zero attached hydrogens (tertiary/aromatic N) is 3. The molecule has 0 atom stereocenters. The lowest BCUT2D eigenvalue weighted by Crippen LogP contribution is -2.29. The first kappa shape index (κ1) is 15.8. The molecule has 1 fully saturated rings. The van der Waals surface area contributed by atoms with E-state index in [4.69, 9.17) is 0 Å². The Labute approximate surface area is 147 Å². The van der Waals surface area contributed by atoms with Crippen LogP contribution in [-0.4, -0.2) is 33.1 Å². The summed E-state index contributed by atoms with van der Waals surface area (Å²) in [5, 5.41) is 14.5. The quantitative estimate of drug-likeness (QED) is 0.705. The number of piperidine rings is 1. The van der Waals surface area contributed by atoms with Gasteiger partial charge in [-0.1, -0.05) is 24.6 Å². The molecule has 0 saturated carbocycles. The highest BCUT2D eigenvalue weighted by Gasteiger charge is 2.12. The number of aromatic nitrogens is 2. The zero-order valence-corrected chi connectivity index (χ0v) is 14.2. The minimum absolute atomic E-state index is 0.227. The van der Waals surface area contributed by atoms with E-state index < -0.39 is 0 Å². The van der Waals surface area contributed by atoms with Crippen LogP contribution in [0.15, 0.2) is 48.8 Å². The summed E-state index contributed by atoms with van der Waals surface area (Å²) in [6.07, 6.45) is 5.42. The smallest absolute Gasteiger partial charge is 0.141 e. The van der Waals surface area contributed by atoms with Crippen LogP contribution in [0.3, 0.4) is 0 Å². The Morgan fingerprint density at radius 2 is 1.84 bits per heavy atom. The number of phenols is 1. The number of nitrogens with one attached hydrogen (secondary N) is 1. The van der Waals surface area contributed by atoms with E-state index in [0.29, 0.717) is 11.5 Å². The first-order chi connectivity index (χ1) is 12.3. The standard InChI is InChI=1S/C20H22N4O/c25-19-9-8-15(13-24-10-4-1-5-11-24)12-18(19)23-20-16-6-2-3-7-17(16)21-14-22-20/h2-3,6-9,12,14,25H,1,4-5,10-11,13H2,(H,21,22,23). The van der Waals surface area contributed by atoms with Crippen molar-refractivity contribution in [1.82, 2.24) is 14.9 Å². The maximum absolute atomic E-state index is 10.3. The van der Waals surface area contributed by atoms with Gasteiger partial charge in [-0.3, -0.25) is 4.90 Å². The lowest BCUT2D eigenvalue weighted by atomic mass is 10.1. The van der Waals surface area contributed by atoms with Crippen molar-refractivity contribution < 1.29 is 5.11 Å². The average Bonchev–Trinajstić information content (AvgIpc) is 2.66. The molecule has 0 amide bonds. The predicted molar refractivity (Wildman–Crippen MR) is 100 cm³/mol. The molecule has 4 rings (SSSR count). The van der Waals surface area contributed by atoms with Crippen LogP contribution in [0.5, 0.6) is 5.75 Å². The SMILES string of the molecule is Oc1ccc(CN2CCCCC2)cc1Nc1ncnc2ccccc12. The molecule has 2 N–H and O–H groups in total. The second-order valence-corrected chi connectivity index (χ2v) is 6.55. The van der Waals surface area contributed by atoms with Crippen molar-refractivity contribution in [3.63, 3.8) is 0 Å². The summed E-state index contributed by atoms with van der Waals surface area (Å²) in [4.78, 5) is 11.1. The van der Waals surface area contributed by atoms with Gasteiger partial charge in [0, 0.05) is 11.9 Å². The first-order valence-electron chi connectivity index (χ1n) is 8.80. The van der Waals surface area contributed by atoms with Crippen molar-refractivity contribution in [2.75, 3.05) is 18.4 Å². The Morgan fingerprint density at radius 3 is 2.72 bits per heavy atom. The Kier molecular flexibility index (Phi) is 4.48. The van der Waals surface area contributed by atoms with Crippen LogP contribution in [0.4, 0.5) is 11.5 Å². The van der Waals surface area contributed by atoms with E-state index in [9.17, 15) is 5.11 Å². The van der Waals surface area contributed by atoms with Crippen molar-refractivity contribution in [3.05, 3.63) is 54.4 Å². The maximum atomic E-state index is 10.3. The topological polar surface area (TPSA) is 61.3 Å². The first-order valence-corrected chi connectivity index (χ1v) is 8.80. The van der Waals surface area contributed by atoms with E-state index in [-0.39, 0.29) is 5.75 Å². The molecule has 0 aliphatic carbocycles. The van der Waals surface area contributed by atoms with Crippen molar-refractivity contribution in [1.29, 1.82) is 0 Å². The van der Waals surface area contributed by atoms with Crippen molar-refractivity contribution in [2.24, 2.45) is 0 Å². The third-order valence-electron chi connectivity index (χ3n) is 4.71. The molecule has 2 aromatic carbocycles. The lowest BCUT2D eigenvalue weighted by molar-refractivity contribution is 0.221. The zero-order valence-electron chi connectivity index (χ0n) is 14.2. The Hall–Kier alpha value is -2.66. The van der Waals surface area contributed by atoms with Gasteiger partial charge in [0.2, 0.25) is 0 Å². The molecular formula is C20H22N4O. The number of likely N-dealkylation sites (tertiary alicyclic amines) is 1. The number of aromatic hydroxyl groups is 1. The van der Waals surface area contributed by atoms with E-state index in [1.165, 1.54) is 24.8 Å². The van der Waals surface area contributed by atoms with Crippen LogP contribution in [0.1, 0.15) is 24.8 Å². The summed E-state index contributed by atoms with van der Waals surface area (Å²) < 4.78 is 0. The van der Waals surface area contributed by atoms with Gasteiger partial charge in [-0.25, -0.2) is 9.97 Å². The number of benzene rings is 2. The third-order valence-corrected chi connectivity index (χ3v) is 4.71. The van der Waals surface area contributed by atoms with Gasteiger partial charge in [0.1, 0.15) is 17.9 Å². The van der Waals surface area contributed by atoms with Gasteiger partial charge >= 0.3 is 0 Å². The molecule has 128 valence electrons. The van der Waals surface area contributed by atoms with Crippen molar-refractivity contribution >= 4 is 22.4 Å². The molecule has 2 heterocycles. The summed E-state index contributed by atoms with van der Waals surface area (Å²) in [5.41, 5.74) is 2.75. The Morgan fingerprint density at radius 1 is 1.00 bits per heavy atom. The number of para-hydroxylation sites is 1. The molecule has 0 unspecified atom stereocenters. The minimum atomic E-state index is 0.227. The lowest BCUT2D eigenvalue weighted by Gasteiger charge is -2.26. The van der Waals surface area contributed by atoms with Gasteiger partial charge in [-0.05, 0) is 55.8 Å². The molecule has 0 spiro atoms. The van der Waals surface area contributed by atoms with E-state index in [2.05, 4.69) is 20.2 Å². The second-order valence-electron chi connectivity index (χ2n) is 6.55. The van der Waals surface area contributed by atoms with Gasteiger partial charge in [0.25, 0.3) is 0 Å². The van der Waals surface area contributed by atoms with Crippen molar-refractivity contribution in [3.8, 4) is 5.75 Å². The van der Waals surface area contributed by atoms with Crippen LogP contribution < -0.4 is 5.32 Å². The normalized spacial score (nSPS) is 15.4. The molecule has 1 aromatic heterocycles. The fourth-order valence-electron chi connectivity index (χ4n) is 3.39. The number of anilines is 2. The number of phenolic OH excluding ortho intramolecular Hbond substituents is 1. The van der Waals surface area contributed by atoms with E-state index in [1.54, 1.807) is 12.4 Å². The molecule has 5 heteroatoms. The molecule has 1 saturated heterocycles. The zero-order chi connectivity index (χ0) is 17.1. The fourth-order valence-corrected chi connectivity index (χ4v) is 3.39. The molecule has 1 aliphatic heterocycles. The number of hydrogen-bond acceptors (Lipinski definition) is 5. The minimum Gasteiger partial charge on any atom is -0.506 e. The second kappa shape index (κ2) is 7.07. The van der Waals surface area contributed by atoms with Crippen LogP contribution in [-0.2, 0) is 6.54 Å².